The molecule has 0 bridgehead atoms. The van der Waals surface area contributed by atoms with E-state index in [1.165, 1.54) is 22.6 Å². The van der Waals surface area contributed by atoms with Crippen molar-refractivity contribution in [1.82, 2.24) is 15.0 Å². The maximum atomic E-state index is 10.6. The summed E-state index contributed by atoms with van der Waals surface area (Å²) in [5.74, 6) is -0.358. The van der Waals surface area contributed by atoms with Gasteiger partial charge in [0.05, 0.1) is 5.51 Å². The summed E-state index contributed by atoms with van der Waals surface area (Å²) < 4.78 is 0. The van der Waals surface area contributed by atoms with Gasteiger partial charge in [-0.2, -0.15) is 0 Å². The second kappa shape index (κ2) is 3.77. The largest absolute Gasteiger partial charge is 0.480 e. The van der Waals surface area contributed by atoms with Gasteiger partial charge in [-0.05, 0) is 0 Å². The first-order valence-electron chi connectivity index (χ1n) is 4.15. The van der Waals surface area contributed by atoms with E-state index in [2.05, 4.69) is 15.0 Å². The van der Waals surface area contributed by atoms with Gasteiger partial charge in [-0.15, -0.1) is 11.3 Å². The van der Waals surface area contributed by atoms with Crippen molar-refractivity contribution in [3.05, 3.63) is 11.8 Å². The molecule has 0 saturated heterocycles. The van der Waals surface area contributed by atoms with Crippen LogP contribution in [0.5, 0.6) is 0 Å². The Bertz CT molecular complexity index is 498. The fourth-order valence-corrected chi connectivity index (χ4v) is 1.86. The molecular weight excluding hydrogens is 216 g/mol. The Morgan fingerprint density at radius 2 is 2.33 bits per heavy atom. The molecule has 7 heteroatoms. The summed E-state index contributed by atoms with van der Waals surface area (Å²) in [7, 11) is 1.66. The summed E-state index contributed by atoms with van der Waals surface area (Å²) in [6, 6.07) is 0. The molecule has 0 atom stereocenters. The van der Waals surface area contributed by atoms with E-state index in [4.69, 9.17) is 5.11 Å². The number of carboxylic acid groups (broad SMARTS) is 1. The second-order valence-corrected chi connectivity index (χ2v) is 3.79. The summed E-state index contributed by atoms with van der Waals surface area (Å²) in [5.41, 5.74) is 2.31. The molecule has 0 aromatic carbocycles. The van der Waals surface area contributed by atoms with Gasteiger partial charge in [-0.3, -0.25) is 4.79 Å². The molecule has 78 valence electrons. The van der Waals surface area contributed by atoms with Crippen LogP contribution in [0.25, 0.3) is 10.3 Å². The molecular formula is C8H8N4O2S. The number of nitrogens with zero attached hydrogens (tertiary/aromatic N) is 4. The van der Waals surface area contributed by atoms with Gasteiger partial charge in [0, 0.05) is 7.05 Å². The molecule has 15 heavy (non-hydrogen) atoms. The molecule has 2 rings (SSSR count). The van der Waals surface area contributed by atoms with Crippen molar-refractivity contribution in [3.63, 3.8) is 0 Å². The number of anilines is 1. The third-order valence-electron chi connectivity index (χ3n) is 1.85. The lowest BCUT2D eigenvalue weighted by atomic mass is 10.4. The lowest BCUT2D eigenvalue weighted by Crippen LogP contribution is -2.26. The van der Waals surface area contributed by atoms with Crippen LogP contribution in [0.15, 0.2) is 11.8 Å². The molecule has 0 aliphatic heterocycles. The lowest BCUT2D eigenvalue weighted by molar-refractivity contribution is -0.135. The van der Waals surface area contributed by atoms with Crippen molar-refractivity contribution in [2.24, 2.45) is 0 Å². The fraction of sp³-hybridized carbons (Fsp3) is 0.250. The van der Waals surface area contributed by atoms with Crippen LogP contribution in [0.1, 0.15) is 0 Å². The summed E-state index contributed by atoms with van der Waals surface area (Å²) in [4.78, 5) is 25.0. The van der Waals surface area contributed by atoms with E-state index in [0.29, 0.717) is 11.3 Å². The van der Waals surface area contributed by atoms with Crippen molar-refractivity contribution in [2.75, 3.05) is 18.5 Å². The Hall–Kier alpha value is -1.76. The van der Waals surface area contributed by atoms with Gasteiger partial charge in [-0.1, -0.05) is 0 Å². The number of carbonyl (C=O) groups is 1. The van der Waals surface area contributed by atoms with Gasteiger partial charge in [0.15, 0.2) is 5.82 Å². The number of aliphatic carboxylic acids is 1. The van der Waals surface area contributed by atoms with Crippen LogP contribution in [0.2, 0.25) is 0 Å². The number of aromatic nitrogens is 3. The average Bonchev–Trinajstić information content (AvgIpc) is 2.63. The number of hydrogen-bond acceptors (Lipinski definition) is 6. The smallest absolute Gasteiger partial charge is 0.323 e. The van der Waals surface area contributed by atoms with Crippen molar-refractivity contribution < 1.29 is 9.90 Å². The Morgan fingerprint density at radius 3 is 3.07 bits per heavy atom. The van der Waals surface area contributed by atoms with Gasteiger partial charge >= 0.3 is 5.97 Å². The normalized spacial score (nSPS) is 10.5. The minimum absolute atomic E-state index is 0.108. The highest BCUT2D eigenvalue weighted by Crippen LogP contribution is 2.22. The van der Waals surface area contributed by atoms with Gasteiger partial charge in [0.2, 0.25) is 0 Å². The number of hydrogen-bond donors (Lipinski definition) is 1. The molecule has 0 aliphatic rings. The van der Waals surface area contributed by atoms with Gasteiger partial charge in [0.1, 0.15) is 23.2 Å². The van der Waals surface area contributed by atoms with Crippen molar-refractivity contribution in [3.8, 4) is 0 Å². The van der Waals surface area contributed by atoms with E-state index >= 15 is 0 Å². The van der Waals surface area contributed by atoms with Crippen molar-refractivity contribution in [1.29, 1.82) is 0 Å². The van der Waals surface area contributed by atoms with Crippen molar-refractivity contribution >= 4 is 33.5 Å². The Balaban J connectivity index is 2.42. The highest BCUT2D eigenvalue weighted by atomic mass is 32.1. The third-order valence-corrected chi connectivity index (χ3v) is 2.58. The quantitative estimate of drug-likeness (QED) is 0.822. The number of thiazole rings is 1. The summed E-state index contributed by atoms with van der Waals surface area (Å²) in [6.07, 6.45) is 1.41. The topological polar surface area (TPSA) is 79.2 Å². The minimum atomic E-state index is -0.903. The van der Waals surface area contributed by atoms with E-state index in [9.17, 15) is 4.79 Å². The van der Waals surface area contributed by atoms with Crippen LogP contribution in [0.3, 0.4) is 0 Å². The SMILES string of the molecule is CN(CC(=O)O)c1ncnc2scnc12. The molecule has 2 aromatic rings. The van der Waals surface area contributed by atoms with Crippen LogP contribution in [-0.2, 0) is 4.79 Å². The number of carboxylic acids is 1. The first-order valence-corrected chi connectivity index (χ1v) is 5.03. The van der Waals surface area contributed by atoms with Crippen LogP contribution < -0.4 is 4.90 Å². The van der Waals surface area contributed by atoms with E-state index in [1.807, 2.05) is 0 Å². The Kier molecular flexibility index (Phi) is 2.46. The lowest BCUT2D eigenvalue weighted by Gasteiger charge is -2.14. The predicted octanol–water partition coefficient (Wildman–Crippen LogP) is 0.607. The summed E-state index contributed by atoms with van der Waals surface area (Å²) in [6.45, 7) is -0.108. The number of likely N-dealkylation sites (N-methyl/N-ethyl adjacent to an activating group) is 1. The standard InChI is InChI=1S/C8H8N4O2S/c1-12(2-5(13)14)7-6-8(10-3-9-7)15-4-11-6/h3-4H,2H2,1H3,(H,13,14). The maximum Gasteiger partial charge on any atom is 0.323 e. The van der Waals surface area contributed by atoms with Gasteiger partial charge < -0.3 is 10.0 Å². The number of fused-ring (bicyclic) bond motifs is 1. The van der Waals surface area contributed by atoms with E-state index in [0.717, 1.165) is 4.83 Å². The van der Waals surface area contributed by atoms with Crippen LogP contribution in [0.4, 0.5) is 5.82 Å². The van der Waals surface area contributed by atoms with Crippen molar-refractivity contribution in [2.45, 2.75) is 0 Å². The molecule has 0 radical (unpaired) electrons. The summed E-state index contributed by atoms with van der Waals surface area (Å²) in [5, 5.41) is 8.67. The monoisotopic (exact) mass is 224 g/mol. The highest BCUT2D eigenvalue weighted by molar-refractivity contribution is 7.16. The minimum Gasteiger partial charge on any atom is -0.480 e. The molecule has 2 heterocycles. The predicted molar refractivity (Wildman–Crippen MR) is 56.1 cm³/mol. The molecule has 0 saturated carbocycles. The second-order valence-electron chi connectivity index (χ2n) is 2.95. The van der Waals surface area contributed by atoms with E-state index < -0.39 is 5.97 Å². The van der Waals surface area contributed by atoms with Gasteiger partial charge in [0.25, 0.3) is 0 Å². The first-order chi connectivity index (χ1) is 7.18. The maximum absolute atomic E-state index is 10.6. The van der Waals surface area contributed by atoms with E-state index in [-0.39, 0.29) is 6.54 Å². The molecule has 0 unspecified atom stereocenters. The van der Waals surface area contributed by atoms with Crippen LogP contribution in [0, 0.1) is 0 Å². The molecule has 2 aromatic heterocycles. The third kappa shape index (κ3) is 1.86. The molecule has 1 N–H and O–H groups in total. The molecule has 0 amide bonds. The van der Waals surface area contributed by atoms with Gasteiger partial charge in [-0.25, -0.2) is 15.0 Å². The van der Waals surface area contributed by atoms with E-state index in [1.54, 1.807) is 12.6 Å². The molecule has 6 nitrogen and oxygen atoms in total. The van der Waals surface area contributed by atoms with Crippen LogP contribution in [-0.4, -0.2) is 39.6 Å². The number of rotatable bonds is 3. The Labute approximate surface area is 89.2 Å². The first kappa shape index (κ1) is 9.78. The Morgan fingerprint density at radius 1 is 1.53 bits per heavy atom. The zero-order valence-corrected chi connectivity index (χ0v) is 8.73. The molecule has 0 aliphatic carbocycles. The molecule has 0 fully saturated rings. The fourth-order valence-electron chi connectivity index (χ4n) is 1.24. The molecule has 0 spiro atoms. The highest BCUT2D eigenvalue weighted by Gasteiger charge is 2.12. The zero-order valence-electron chi connectivity index (χ0n) is 7.91. The average molecular weight is 224 g/mol. The zero-order chi connectivity index (χ0) is 10.8. The van der Waals surface area contributed by atoms with Crippen LogP contribution >= 0.6 is 11.3 Å². The summed E-state index contributed by atoms with van der Waals surface area (Å²) >= 11 is 1.40.